The minimum Gasteiger partial charge on any atom is -0.394 e. The third-order valence-corrected chi connectivity index (χ3v) is 2.70. The molecule has 0 saturated heterocycles. The maximum absolute atomic E-state index is 9.06. The van der Waals surface area contributed by atoms with E-state index in [-0.39, 0.29) is 12.6 Å². The summed E-state index contributed by atoms with van der Waals surface area (Å²) >= 11 is 9.33. The van der Waals surface area contributed by atoms with Crippen LogP contribution in [0.3, 0.4) is 0 Å². The first-order valence-electron chi connectivity index (χ1n) is 3.92. The second kappa shape index (κ2) is 4.96. The van der Waals surface area contributed by atoms with Crippen molar-refractivity contribution in [3.8, 4) is 0 Å². The summed E-state index contributed by atoms with van der Waals surface area (Å²) in [6.45, 7) is 0.0344. The second-order valence-electron chi connectivity index (χ2n) is 2.69. The van der Waals surface area contributed by atoms with Gasteiger partial charge in [0.25, 0.3) is 0 Å². The summed E-state index contributed by atoms with van der Waals surface area (Å²) in [4.78, 5) is 0. The molecule has 0 saturated carbocycles. The Labute approximate surface area is 91.0 Å². The first-order valence-corrected chi connectivity index (χ1v) is 5.09. The third kappa shape index (κ3) is 2.68. The summed E-state index contributed by atoms with van der Waals surface area (Å²) in [6, 6.07) is 5.47. The van der Waals surface area contributed by atoms with Crippen LogP contribution in [-0.4, -0.2) is 18.8 Å². The van der Waals surface area contributed by atoms with Gasteiger partial charge in [-0.15, -0.1) is 0 Å². The summed E-state index contributed by atoms with van der Waals surface area (Å²) in [5, 5.41) is 12.7. The van der Waals surface area contributed by atoms with Crippen molar-refractivity contribution >= 4 is 27.5 Å². The van der Waals surface area contributed by atoms with Gasteiger partial charge in [-0.05, 0) is 30.8 Å². The van der Waals surface area contributed by atoms with Gasteiger partial charge < -0.3 is 10.4 Å². The van der Waals surface area contributed by atoms with Crippen LogP contribution in [0.5, 0.6) is 0 Å². The number of aliphatic hydroxyl groups excluding tert-OH is 1. The van der Waals surface area contributed by atoms with Crippen molar-refractivity contribution in [2.24, 2.45) is 0 Å². The summed E-state index contributed by atoms with van der Waals surface area (Å²) in [6.07, 6.45) is 0. The molecule has 0 aromatic heterocycles. The Hall–Kier alpha value is -0.0900. The maximum atomic E-state index is 9.06. The van der Waals surface area contributed by atoms with Crippen molar-refractivity contribution in [1.82, 2.24) is 5.32 Å². The summed E-state index contributed by atoms with van der Waals surface area (Å²) in [7, 11) is 1.79. The molecular weight excluding hydrogens is 253 g/mol. The van der Waals surface area contributed by atoms with Gasteiger partial charge in [0, 0.05) is 9.50 Å². The molecule has 0 amide bonds. The standard InChI is InChI=1S/C9H11BrClNO/c1-12-9(5-13)7-4-6(10)2-3-8(7)11/h2-4,9,12-13H,5H2,1H3/t9-/m0/s1. The van der Waals surface area contributed by atoms with Gasteiger partial charge in [-0.2, -0.15) is 0 Å². The number of nitrogens with one attached hydrogen (secondary N) is 1. The highest BCUT2D eigenvalue weighted by atomic mass is 79.9. The lowest BCUT2D eigenvalue weighted by Gasteiger charge is -2.15. The zero-order chi connectivity index (χ0) is 9.84. The molecule has 13 heavy (non-hydrogen) atoms. The van der Waals surface area contributed by atoms with Gasteiger partial charge in [0.05, 0.1) is 12.6 Å². The normalized spacial score (nSPS) is 12.9. The van der Waals surface area contributed by atoms with Crippen LogP contribution in [0.4, 0.5) is 0 Å². The molecule has 0 fully saturated rings. The zero-order valence-corrected chi connectivity index (χ0v) is 9.56. The number of rotatable bonds is 3. The molecular formula is C9H11BrClNO. The van der Waals surface area contributed by atoms with Gasteiger partial charge in [-0.3, -0.25) is 0 Å². The minimum absolute atomic E-state index is 0.0344. The molecule has 0 unspecified atom stereocenters. The Morgan fingerprint density at radius 2 is 2.31 bits per heavy atom. The molecule has 0 heterocycles. The second-order valence-corrected chi connectivity index (χ2v) is 4.01. The van der Waals surface area contributed by atoms with Crippen LogP contribution >= 0.6 is 27.5 Å². The predicted molar refractivity (Wildman–Crippen MR) is 58.0 cm³/mol. The van der Waals surface area contributed by atoms with Crippen LogP contribution in [-0.2, 0) is 0 Å². The Morgan fingerprint density at radius 1 is 1.62 bits per heavy atom. The predicted octanol–water partition coefficient (Wildman–Crippen LogP) is 2.36. The maximum Gasteiger partial charge on any atom is 0.0626 e. The summed E-state index contributed by atoms with van der Waals surface area (Å²) in [5.41, 5.74) is 0.904. The lowest BCUT2D eigenvalue weighted by Crippen LogP contribution is -2.20. The highest BCUT2D eigenvalue weighted by molar-refractivity contribution is 9.10. The van der Waals surface area contributed by atoms with E-state index in [2.05, 4.69) is 21.2 Å². The van der Waals surface area contributed by atoms with Crippen molar-refractivity contribution in [2.45, 2.75) is 6.04 Å². The lowest BCUT2D eigenvalue weighted by atomic mass is 10.1. The number of likely N-dealkylation sites (N-methyl/N-ethyl adjacent to an activating group) is 1. The SMILES string of the molecule is CN[C@@H](CO)c1cc(Br)ccc1Cl. The quantitative estimate of drug-likeness (QED) is 0.878. The van der Waals surface area contributed by atoms with E-state index < -0.39 is 0 Å². The van der Waals surface area contributed by atoms with Crippen molar-refractivity contribution in [2.75, 3.05) is 13.7 Å². The summed E-state index contributed by atoms with van der Waals surface area (Å²) in [5.74, 6) is 0. The van der Waals surface area contributed by atoms with Gasteiger partial charge in [0.15, 0.2) is 0 Å². The van der Waals surface area contributed by atoms with E-state index in [4.69, 9.17) is 16.7 Å². The van der Waals surface area contributed by atoms with E-state index >= 15 is 0 Å². The van der Waals surface area contributed by atoms with Crippen molar-refractivity contribution in [3.05, 3.63) is 33.3 Å². The molecule has 0 aliphatic heterocycles. The van der Waals surface area contributed by atoms with E-state index in [0.29, 0.717) is 5.02 Å². The molecule has 1 atom stereocenters. The fourth-order valence-corrected chi connectivity index (χ4v) is 1.75. The summed E-state index contributed by atoms with van der Waals surface area (Å²) < 4.78 is 0.959. The molecule has 4 heteroatoms. The smallest absolute Gasteiger partial charge is 0.0626 e. The molecule has 0 bridgehead atoms. The monoisotopic (exact) mass is 263 g/mol. The average molecular weight is 265 g/mol. The molecule has 0 spiro atoms. The van der Waals surface area contributed by atoms with Crippen LogP contribution in [0.25, 0.3) is 0 Å². The van der Waals surface area contributed by atoms with Gasteiger partial charge in [0.1, 0.15) is 0 Å². The van der Waals surface area contributed by atoms with Crippen molar-refractivity contribution in [1.29, 1.82) is 0 Å². The number of aliphatic hydroxyl groups is 1. The number of hydrogen-bond acceptors (Lipinski definition) is 2. The minimum atomic E-state index is -0.106. The fourth-order valence-electron chi connectivity index (χ4n) is 1.13. The van der Waals surface area contributed by atoms with Crippen LogP contribution < -0.4 is 5.32 Å². The van der Waals surface area contributed by atoms with E-state index in [1.165, 1.54) is 0 Å². The molecule has 1 aromatic rings. The van der Waals surface area contributed by atoms with Crippen LogP contribution in [0.2, 0.25) is 5.02 Å². The zero-order valence-electron chi connectivity index (χ0n) is 7.22. The van der Waals surface area contributed by atoms with E-state index in [9.17, 15) is 0 Å². The third-order valence-electron chi connectivity index (χ3n) is 1.86. The van der Waals surface area contributed by atoms with Crippen LogP contribution in [0, 0.1) is 0 Å². The molecule has 0 radical (unpaired) electrons. The van der Waals surface area contributed by atoms with E-state index in [0.717, 1.165) is 10.0 Å². The molecule has 1 aromatic carbocycles. The number of benzene rings is 1. The van der Waals surface area contributed by atoms with Crippen molar-refractivity contribution < 1.29 is 5.11 Å². The van der Waals surface area contributed by atoms with E-state index in [1.54, 1.807) is 13.1 Å². The van der Waals surface area contributed by atoms with Crippen molar-refractivity contribution in [3.63, 3.8) is 0 Å². The Kier molecular flexibility index (Phi) is 4.19. The molecule has 2 N–H and O–H groups in total. The first-order chi connectivity index (χ1) is 6.19. The molecule has 0 aliphatic carbocycles. The molecule has 2 nitrogen and oxygen atoms in total. The topological polar surface area (TPSA) is 32.3 Å². The van der Waals surface area contributed by atoms with Crippen LogP contribution in [0.15, 0.2) is 22.7 Å². The fraction of sp³-hybridized carbons (Fsp3) is 0.333. The first kappa shape index (κ1) is 11.0. The average Bonchev–Trinajstić information content (AvgIpc) is 2.13. The van der Waals surface area contributed by atoms with Gasteiger partial charge in [0.2, 0.25) is 0 Å². The number of hydrogen-bond donors (Lipinski definition) is 2. The highest BCUT2D eigenvalue weighted by Gasteiger charge is 2.11. The lowest BCUT2D eigenvalue weighted by molar-refractivity contribution is 0.251. The molecule has 1 rings (SSSR count). The Balaban J connectivity index is 3.03. The van der Waals surface area contributed by atoms with E-state index in [1.807, 2.05) is 12.1 Å². The Morgan fingerprint density at radius 3 is 2.85 bits per heavy atom. The molecule has 72 valence electrons. The van der Waals surface area contributed by atoms with Gasteiger partial charge >= 0.3 is 0 Å². The molecule has 0 aliphatic rings. The van der Waals surface area contributed by atoms with Gasteiger partial charge in [-0.1, -0.05) is 27.5 Å². The highest BCUT2D eigenvalue weighted by Crippen LogP contribution is 2.25. The Bertz CT molecular complexity index is 289. The largest absolute Gasteiger partial charge is 0.394 e. The van der Waals surface area contributed by atoms with Gasteiger partial charge in [-0.25, -0.2) is 0 Å². The van der Waals surface area contributed by atoms with Crippen LogP contribution in [0.1, 0.15) is 11.6 Å². The number of halogens is 2.